The van der Waals surface area contributed by atoms with Gasteiger partial charge in [0.15, 0.2) is 0 Å². The molecule has 0 aromatic carbocycles. The number of hydrogen-bond acceptors (Lipinski definition) is 4. The fourth-order valence-electron chi connectivity index (χ4n) is 2.99. The second-order valence-corrected chi connectivity index (χ2v) is 8.15. The fourth-order valence-corrected chi connectivity index (χ4v) is 2.99. The van der Waals surface area contributed by atoms with Gasteiger partial charge in [-0.15, -0.1) is 0 Å². The van der Waals surface area contributed by atoms with Gasteiger partial charge in [0.1, 0.15) is 0 Å². The number of nitrogens with one attached hydrogen (secondary N) is 1. The van der Waals surface area contributed by atoms with Crippen LogP contribution in [-0.2, 0) is 4.74 Å². The first-order valence-electron chi connectivity index (χ1n) is 8.39. The Kier molecular flexibility index (Phi) is 7.62. The minimum absolute atomic E-state index is 0.175. The van der Waals surface area contributed by atoms with Gasteiger partial charge in [-0.2, -0.15) is 0 Å². The van der Waals surface area contributed by atoms with Crippen molar-refractivity contribution in [3.05, 3.63) is 0 Å². The molecule has 1 aliphatic rings. The zero-order valence-corrected chi connectivity index (χ0v) is 15.2. The molecule has 0 saturated carbocycles. The summed E-state index contributed by atoms with van der Waals surface area (Å²) in [5, 5.41) is 3.70. The maximum Gasteiger partial charge on any atom is 0.0546 e. The Morgan fingerprint density at radius 3 is 2.38 bits per heavy atom. The van der Waals surface area contributed by atoms with Crippen LogP contribution in [0.25, 0.3) is 0 Å². The first kappa shape index (κ1) is 18.9. The van der Waals surface area contributed by atoms with Crippen molar-refractivity contribution in [2.24, 2.45) is 5.41 Å². The molecule has 1 rings (SSSR count). The van der Waals surface area contributed by atoms with E-state index in [1.165, 1.54) is 19.3 Å². The van der Waals surface area contributed by atoms with Gasteiger partial charge in [0.25, 0.3) is 0 Å². The topological polar surface area (TPSA) is 27.7 Å². The van der Waals surface area contributed by atoms with Gasteiger partial charge in [-0.25, -0.2) is 0 Å². The summed E-state index contributed by atoms with van der Waals surface area (Å²) in [7, 11) is 6.54. The van der Waals surface area contributed by atoms with Crippen molar-refractivity contribution in [2.45, 2.75) is 45.6 Å². The fraction of sp³-hybridized carbons (Fsp3) is 1.00. The van der Waals surface area contributed by atoms with Gasteiger partial charge in [-0.3, -0.25) is 0 Å². The van der Waals surface area contributed by atoms with E-state index in [4.69, 9.17) is 4.74 Å². The van der Waals surface area contributed by atoms with Crippen molar-refractivity contribution in [1.29, 1.82) is 0 Å². The van der Waals surface area contributed by atoms with Crippen LogP contribution in [0, 0.1) is 5.41 Å². The van der Waals surface area contributed by atoms with Gasteiger partial charge >= 0.3 is 0 Å². The molecule has 1 saturated heterocycles. The van der Waals surface area contributed by atoms with Crippen molar-refractivity contribution in [2.75, 3.05) is 60.5 Å². The predicted octanol–water partition coefficient (Wildman–Crippen LogP) is 2.05. The standard InChI is InChI=1S/C17H37N3O/c1-16(2,3)18-13-17(9-7-12-21-15-17)14-20(6)11-8-10-19(4)5/h18H,7-15H2,1-6H3. The first-order chi connectivity index (χ1) is 9.72. The Balaban J connectivity index is 2.48. The molecule has 126 valence electrons. The normalized spacial score (nSPS) is 24.0. The predicted molar refractivity (Wildman–Crippen MR) is 90.9 cm³/mol. The van der Waals surface area contributed by atoms with E-state index in [1.807, 2.05) is 0 Å². The van der Waals surface area contributed by atoms with E-state index in [2.05, 4.69) is 57.0 Å². The van der Waals surface area contributed by atoms with Crippen molar-refractivity contribution in [3.63, 3.8) is 0 Å². The lowest BCUT2D eigenvalue weighted by Crippen LogP contribution is -2.52. The number of hydrogen-bond donors (Lipinski definition) is 1. The summed E-state index contributed by atoms with van der Waals surface area (Å²) in [6.07, 6.45) is 3.69. The molecule has 0 amide bonds. The zero-order valence-electron chi connectivity index (χ0n) is 15.2. The Bertz CT molecular complexity index is 280. The maximum atomic E-state index is 5.82. The van der Waals surface area contributed by atoms with Gasteiger partial charge in [0.05, 0.1) is 6.61 Å². The molecule has 0 aromatic heterocycles. The van der Waals surface area contributed by atoms with Crippen LogP contribution in [0.2, 0.25) is 0 Å². The quantitative estimate of drug-likeness (QED) is 0.742. The van der Waals surface area contributed by atoms with Crippen LogP contribution in [0.1, 0.15) is 40.0 Å². The second-order valence-electron chi connectivity index (χ2n) is 8.15. The highest BCUT2D eigenvalue weighted by atomic mass is 16.5. The summed E-state index contributed by atoms with van der Waals surface area (Å²) >= 11 is 0. The molecule has 4 heteroatoms. The van der Waals surface area contributed by atoms with Gasteiger partial charge in [-0.1, -0.05) is 0 Å². The van der Waals surface area contributed by atoms with E-state index in [0.29, 0.717) is 0 Å². The molecule has 1 N–H and O–H groups in total. The molecule has 1 atom stereocenters. The van der Waals surface area contributed by atoms with Crippen LogP contribution < -0.4 is 5.32 Å². The zero-order chi connectivity index (χ0) is 15.9. The highest BCUT2D eigenvalue weighted by molar-refractivity contribution is 4.89. The van der Waals surface area contributed by atoms with Crippen LogP contribution in [-0.4, -0.2) is 75.9 Å². The van der Waals surface area contributed by atoms with E-state index < -0.39 is 0 Å². The molecule has 1 fully saturated rings. The van der Waals surface area contributed by atoms with Crippen molar-refractivity contribution >= 4 is 0 Å². The highest BCUT2D eigenvalue weighted by Crippen LogP contribution is 2.29. The van der Waals surface area contributed by atoms with E-state index in [0.717, 1.165) is 39.4 Å². The largest absolute Gasteiger partial charge is 0.381 e. The lowest BCUT2D eigenvalue weighted by molar-refractivity contribution is -0.0255. The van der Waals surface area contributed by atoms with Crippen LogP contribution in [0.3, 0.4) is 0 Å². The minimum atomic E-state index is 0.175. The smallest absolute Gasteiger partial charge is 0.0546 e. The Morgan fingerprint density at radius 2 is 1.86 bits per heavy atom. The maximum absolute atomic E-state index is 5.82. The van der Waals surface area contributed by atoms with Crippen LogP contribution >= 0.6 is 0 Å². The third kappa shape index (κ3) is 8.15. The van der Waals surface area contributed by atoms with Gasteiger partial charge in [-0.05, 0) is 74.3 Å². The van der Waals surface area contributed by atoms with Gasteiger partial charge in [0.2, 0.25) is 0 Å². The van der Waals surface area contributed by atoms with Crippen LogP contribution in [0.15, 0.2) is 0 Å². The molecule has 1 aliphatic heterocycles. The number of nitrogens with zero attached hydrogens (tertiary/aromatic N) is 2. The molecular weight excluding hydrogens is 262 g/mol. The molecule has 1 heterocycles. The van der Waals surface area contributed by atoms with Gasteiger partial charge in [0, 0.05) is 30.7 Å². The molecule has 1 unspecified atom stereocenters. The molecule has 4 nitrogen and oxygen atoms in total. The SMILES string of the molecule is CN(C)CCCN(C)CC1(CNC(C)(C)C)CCCOC1. The highest BCUT2D eigenvalue weighted by Gasteiger charge is 2.34. The van der Waals surface area contributed by atoms with E-state index in [-0.39, 0.29) is 11.0 Å². The summed E-state index contributed by atoms with van der Waals surface area (Å²) in [5.41, 5.74) is 0.451. The first-order valence-corrected chi connectivity index (χ1v) is 8.39. The summed E-state index contributed by atoms with van der Waals surface area (Å²) in [4.78, 5) is 4.75. The monoisotopic (exact) mass is 299 g/mol. The third-order valence-corrected chi connectivity index (χ3v) is 4.15. The second kappa shape index (κ2) is 8.47. The van der Waals surface area contributed by atoms with Crippen molar-refractivity contribution < 1.29 is 4.74 Å². The Morgan fingerprint density at radius 1 is 1.14 bits per heavy atom. The molecule has 0 aliphatic carbocycles. The number of ether oxygens (including phenoxy) is 1. The van der Waals surface area contributed by atoms with Crippen LogP contribution in [0.5, 0.6) is 0 Å². The Labute approximate surface area is 132 Å². The van der Waals surface area contributed by atoms with E-state index >= 15 is 0 Å². The molecule has 0 aromatic rings. The average molecular weight is 300 g/mol. The van der Waals surface area contributed by atoms with E-state index in [1.54, 1.807) is 0 Å². The van der Waals surface area contributed by atoms with E-state index in [9.17, 15) is 0 Å². The Hall–Kier alpha value is -0.160. The van der Waals surface area contributed by atoms with Crippen molar-refractivity contribution in [3.8, 4) is 0 Å². The molecule has 0 spiro atoms. The minimum Gasteiger partial charge on any atom is -0.381 e. The molecule has 0 radical (unpaired) electrons. The summed E-state index contributed by atoms with van der Waals surface area (Å²) in [6.45, 7) is 13.1. The lowest BCUT2D eigenvalue weighted by atomic mass is 9.81. The third-order valence-electron chi connectivity index (χ3n) is 4.15. The van der Waals surface area contributed by atoms with Crippen molar-refractivity contribution in [1.82, 2.24) is 15.1 Å². The lowest BCUT2D eigenvalue weighted by Gasteiger charge is -2.42. The number of rotatable bonds is 8. The average Bonchev–Trinajstić information content (AvgIpc) is 2.36. The van der Waals surface area contributed by atoms with Gasteiger partial charge < -0.3 is 19.9 Å². The summed E-state index contributed by atoms with van der Waals surface area (Å²) in [5.74, 6) is 0. The van der Waals surface area contributed by atoms with Crippen LogP contribution in [0.4, 0.5) is 0 Å². The summed E-state index contributed by atoms with van der Waals surface area (Å²) < 4.78 is 5.82. The summed E-state index contributed by atoms with van der Waals surface area (Å²) in [6, 6.07) is 0. The molecule has 21 heavy (non-hydrogen) atoms. The molecular formula is C17H37N3O. The molecule has 0 bridgehead atoms.